The fourth-order valence-corrected chi connectivity index (χ4v) is 1.81. The average molecular weight is 266 g/mol. The molecule has 1 saturated heterocycles. The zero-order valence-electron chi connectivity index (χ0n) is 11.7. The van der Waals surface area contributed by atoms with Crippen LogP contribution in [0, 0.1) is 11.3 Å². The third-order valence-corrected chi connectivity index (χ3v) is 3.06. The second kappa shape index (κ2) is 8.51. The molecule has 1 aliphatic rings. The van der Waals surface area contributed by atoms with Gasteiger partial charge in [-0.1, -0.05) is 0 Å². The zero-order valence-corrected chi connectivity index (χ0v) is 11.7. The number of amides is 1. The van der Waals surface area contributed by atoms with Crippen LogP contribution >= 0.6 is 0 Å². The van der Waals surface area contributed by atoms with Crippen molar-refractivity contribution in [3.63, 3.8) is 0 Å². The highest BCUT2D eigenvalue weighted by Gasteiger charge is 2.21. The van der Waals surface area contributed by atoms with Crippen LogP contribution in [0.2, 0.25) is 0 Å². The summed E-state index contributed by atoms with van der Waals surface area (Å²) >= 11 is 0. The van der Waals surface area contributed by atoms with E-state index in [-0.39, 0.29) is 11.5 Å². The molecule has 0 radical (unpaired) electrons. The number of hydrogen-bond acceptors (Lipinski definition) is 5. The summed E-state index contributed by atoms with van der Waals surface area (Å²) in [5, 5.41) is 12.0. The summed E-state index contributed by atoms with van der Waals surface area (Å²) in [6.07, 6.45) is 2.35. The molecular weight excluding hydrogens is 244 g/mol. The van der Waals surface area contributed by atoms with E-state index in [9.17, 15) is 4.79 Å². The quantitative estimate of drug-likeness (QED) is 0.409. The normalized spacial score (nSPS) is 17.1. The van der Waals surface area contributed by atoms with Crippen LogP contribution < -0.4 is 5.32 Å². The van der Waals surface area contributed by atoms with Gasteiger partial charge in [-0.3, -0.25) is 4.79 Å². The van der Waals surface area contributed by atoms with Crippen molar-refractivity contribution in [3.05, 3.63) is 11.8 Å². The van der Waals surface area contributed by atoms with E-state index < -0.39 is 0 Å². The summed E-state index contributed by atoms with van der Waals surface area (Å²) in [5.74, 6) is -0.185. The Kier molecular flexibility index (Phi) is 6.93. The fourth-order valence-electron chi connectivity index (χ4n) is 1.81. The number of rotatable bonds is 6. The highest BCUT2D eigenvalue weighted by atomic mass is 16.5. The largest absolute Gasteiger partial charge is 0.390 e. The Hall–Kier alpha value is -1.58. The van der Waals surface area contributed by atoms with Gasteiger partial charge in [0.15, 0.2) is 0 Å². The molecule has 0 saturated carbocycles. The van der Waals surface area contributed by atoms with Gasteiger partial charge >= 0.3 is 0 Å². The number of nitriles is 1. The summed E-state index contributed by atoms with van der Waals surface area (Å²) in [4.78, 5) is 16.0. The van der Waals surface area contributed by atoms with E-state index >= 15 is 0 Å². The van der Waals surface area contributed by atoms with E-state index in [4.69, 9.17) is 10.00 Å². The second-order valence-electron chi connectivity index (χ2n) is 4.57. The molecule has 1 amide bonds. The molecule has 1 fully saturated rings. The molecule has 19 heavy (non-hydrogen) atoms. The van der Waals surface area contributed by atoms with Gasteiger partial charge in [0.25, 0.3) is 5.91 Å². The Morgan fingerprint density at radius 1 is 1.42 bits per heavy atom. The highest BCUT2D eigenvalue weighted by molar-refractivity contribution is 5.97. The monoisotopic (exact) mass is 266 g/mol. The summed E-state index contributed by atoms with van der Waals surface area (Å²) in [5.41, 5.74) is 0.168. The lowest BCUT2D eigenvalue weighted by Gasteiger charge is -2.32. The first-order valence-corrected chi connectivity index (χ1v) is 6.49. The third kappa shape index (κ3) is 5.28. The van der Waals surface area contributed by atoms with Gasteiger partial charge in [0, 0.05) is 52.6 Å². The van der Waals surface area contributed by atoms with Crippen LogP contribution in [0.1, 0.15) is 6.42 Å². The molecular formula is C13H22N4O2. The van der Waals surface area contributed by atoms with Gasteiger partial charge in [-0.05, 0) is 13.5 Å². The lowest BCUT2D eigenvalue weighted by molar-refractivity contribution is -0.128. The smallest absolute Gasteiger partial charge is 0.266 e. The van der Waals surface area contributed by atoms with Crippen molar-refractivity contribution < 1.29 is 9.53 Å². The topological polar surface area (TPSA) is 68.6 Å². The molecule has 0 spiro atoms. The first-order valence-electron chi connectivity index (χ1n) is 6.49. The number of piperazine rings is 1. The Labute approximate surface area is 114 Å². The van der Waals surface area contributed by atoms with Gasteiger partial charge < -0.3 is 19.9 Å². The zero-order chi connectivity index (χ0) is 14.1. The predicted molar refractivity (Wildman–Crippen MR) is 72.3 cm³/mol. The summed E-state index contributed by atoms with van der Waals surface area (Å²) in [6, 6.07) is 1.96. The maximum absolute atomic E-state index is 12.1. The van der Waals surface area contributed by atoms with E-state index in [0.29, 0.717) is 26.2 Å². The average Bonchev–Trinajstić information content (AvgIpc) is 2.43. The van der Waals surface area contributed by atoms with Crippen LogP contribution in [0.25, 0.3) is 0 Å². The van der Waals surface area contributed by atoms with Gasteiger partial charge in [0.05, 0.1) is 0 Å². The minimum Gasteiger partial charge on any atom is -0.390 e. The van der Waals surface area contributed by atoms with Crippen LogP contribution in [0.15, 0.2) is 11.8 Å². The summed E-state index contributed by atoms with van der Waals surface area (Å²) in [7, 11) is 3.67. The molecule has 0 aromatic heterocycles. The number of hydrogen-bond donors (Lipinski definition) is 1. The van der Waals surface area contributed by atoms with Crippen LogP contribution in [0.4, 0.5) is 0 Å². The van der Waals surface area contributed by atoms with Crippen molar-refractivity contribution in [2.75, 3.05) is 53.5 Å². The lowest BCUT2D eigenvalue weighted by Crippen LogP contribution is -2.47. The minimum absolute atomic E-state index is 0.168. The molecule has 0 aromatic carbocycles. The van der Waals surface area contributed by atoms with E-state index in [1.807, 2.05) is 13.1 Å². The molecule has 0 aromatic rings. The molecule has 106 valence electrons. The molecule has 0 bridgehead atoms. The van der Waals surface area contributed by atoms with Crippen molar-refractivity contribution in [2.45, 2.75) is 6.42 Å². The molecule has 1 N–H and O–H groups in total. The Bertz CT molecular complexity index is 354. The number of carbonyl (C=O) groups is 1. The molecule has 1 heterocycles. The van der Waals surface area contributed by atoms with Gasteiger partial charge in [-0.2, -0.15) is 5.26 Å². The van der Waals surface area contributed by atoms with Crippen LogP contribution in [0.3, 0.4) is 0 Å². The molecule has 0 unspecified atom stereocenters. The first kappa shape index (κ1) is 15.5. The number of nitrogens with one attached hydrogen (secondary N) is 1. The van der Waals surface area contributed by atoms with Crippen LogP contribution in [-0.2, 0) is 9.53 Å². The van der Waals surface area contributed by atoms with Crippen LogP contribution in [0.5, 0.6) is 0 Å². The number of methoxy groups -OCH3 is 1. The molecule has 0 aliphatic carbocycles. The Balaban J connectivity index is 2.43. The van der Waals surface area contributed by atoms with E-state index in [1.54, 1.807) is 12.0 Å². The third-order valence-electron chi connectivity index (χ3n) is 3.06. The maximum atomic E-state index is 12.1. The van der Waals surface area contributed by atoms with Crippen molar-refractivity contribution in [2.24, 2.45) is 0 Å². The van der Waals surface area contributed by atoms with Crippen molar-refractivity contribution in [1.82, 2.24) is 15.1 Å². The van der Waals surface area contributed by atoms with Crippen molar-refractivity contribution in [3.8, 4) is 6.07 Å². The summed E-state index contributed by atoms with van der Waals surface area (Å²) in [6.45, 7) is 4.41. The Morgan fingerprint density at radius 3 is 2.68 bits per heavy atom. The number of ether oxygens (including phenoxy) is 1. The maximum Gasteiger partial charge on any atom is 0.266 e. The number of likely N-dealkylation sites (N-methyl/N-ethyl adjacent to an activating group) is 1. The van der Waals surface area contributed by atoms with Gasteiger partial charge in [-0.25, -0.2) is 0 Å². The van der Waals surface area contributed by atoms with Gasteiger partial charge in [0.1, 0.15) is 11.6 Å². The fraction of sp³-hybridized carbons (Fsp3) is 0.692. The predicted octanol–water partition coefficient (Wildman–Crippen LogP) is -0.206. The molecule has 1 rings (SSSR count). The van der Waals surface area contributed by atoms with Crippen molar-refractivity contribution in [1.29, 1.82) is 5.26 Å². The van der Waals surface area contributed by atoms with Crippen molar-refractivity contribution >= 4 is 5.91 Å². The van der Waals surface area contributed by atoms with E-state index in [2.05, 4.69) is 10.2 Å². The lowest BCUT2D eigenvalue weighted by atomic mass is 10.2. The second-order valence-corrected chi connectivity index (χ2v) is 4.57. The van der Waals surface area contributed by atoms with Crippen LogP contribution in [-0.4, -0.2) is 69.2 Å². The SMILES string of the molecule is COCCCN/C=C(/C#N)C(=O)N1CCN(C)CC1. The Morgan fingerprint density at radius 2 is 2.11 bits per heavy atom. The van der Waals surface area contributed by atoms with E-state index in [1.165, 1.54) is 6.20 Å². The number of nitrogens with zero attached hydrogens (tertiary/aromatic N) is 3. The molecule has 1 aliphatic heterocycles. The number of carbonyl (C=O) groups excluding carboxylic acids is 1. The highest BCUT2D eigenvalue weighted by Crippen LogP contribution is 2.05. The van der Waals surface area contributed by atoms with Gasteiger partial charge in [0.2, 0.25) is 0 Å². The van der Waals surface area contributed by atoms with Gasteiger partial charge in [-0.15, -0.1) is 0 Å². The molecule has 0 atom stereocenters. The minimum atomic E-state index is -0.185. The molecule has 6 heteroatoms. The van der Waals surface area contributed by atoms with E-state index in [0.717, 1.165) is 19.5 Å². The standard InChI is InChI=1S/C13H22N4O2/c1-16-5-7-17(8-6-16)13(18)12(10-14)11-15-4-3-9-19-2/h11,15H,3-9H2,1-2H3/b12-11-. The molecule has 6 nitrogen and oxygen atoms in total. The first-order chi connectivity index (χ1) is 9.19. The summed E-state index contributed by atoms with van der Waals surface area (Å²) < 4.78 is 4.92.